The lowest BCUT2D eigenvalue weighted by Crippen LogP contribution is -2.07. The topological polar surface area (TPSA) is 24.9 Å². The van der Waals surface area contributed by atoms with Crippen LogP contribution in [0.5, 0.6) is 0 Å². The van der Waals surface area contributed by atoms with Gasteiger partial charge in [-0.15, -0.1) is 0 Å². The highest BCUT2D eigenvalue weighted by Crippen LogP contribution is 2.16. The maximum Gasteiger partial charge on any atom is 0.141 e. The van der Waals surface area contributed by atoms with Crippen molar-refractivity contribution < 1.29 is 4.39 Å². The third kappa shape index (κ3) is 2.57. The first-order valence-electron chi connectivity index (χ1n) is 5.19. The Morgan fingerprint density at radius 2 is 1.88 bits per heavy atom. The number of hydrogen-bond acceptors (Lipinski definition) is 2. The first-order valence-corrected chi connectivity index (χ1v) is 5.19. The van der Waals surface area contributed by atoms with E-state index < -0.39 is 0 Å². The van der Waals surface area contributed by atoms with Crippen molar-refractivity contribution in [1.82, 2.24) is 4.98 Å². The van der Waals surface area contributed by atoms with Crippen molar-refractivity contribution in [3.63, 3.8) is 0 Å². The average molecular weight is 216 g/mol. The Balaban J connectivity index is 2.08. The molecule has 0 aliphatic carbocycles. The highest BCUT2D eigenvalue weighted by Gasteiger charge is 2.04. The Hall–Kier alpha value is -1.90. The summed E-state index contributed by atoms with van der Waals surface area (Å²) in [5.74, 6) is 0.357. The second-order valence-corrected chi connectivity index (χ2v) is 3.64. The van der Waals surface area contributed by atoms with E-state index in [1.54, 1.807) is 6.07 Å². The fourth-order valence-corrected chi connectivity index (χ4v) is 1.51. The molecule has 1 unspecified atom stereocenters. The zero-order valence-electron chi connectivity index (χ0n) is 9.02. The summed E-state index contributed by atoms with van der Waals surface area (Å²) in [4.78, 5) is 3.96. The van der Waals surface area contributed by atoms with Gasteiger partial charge in [-0.25, -0.2) is 9.37 Å². The van der Waals surface area contributed by atoms with Gasteiger partial charge in [0.15, 0.2) is 0 Å². The molecule has 1 atom stereocenters. The monoisotopic (exact) mass is 216 g/mol. The van der Waals surface area contributed by atoms with Crippen LogP contribution in [0.2, 0.25) is 0 Å². The Morgan fingerprint density at radius 3 is 2.50 bits per heavy atom. The molecule has 16 heavy (non-hydrogen) atoms. The molecule has 1 heterocycles. The first-order chi connectivity index (χ1) is 7.75. The zero-order valence-corrected chi connectivity index (χ0v) is 9.02. The van der Waals surface area contributed by atoms with E-state index in [9.17, 15) is 4.39 Å². The summed E-state index contributed by atoms with van der Waals surface area (Å²) in [6.45, 7) is 2.04. The van der Waals surface area contributed by atoms with E-state index in [2.05, 4.69) is 10.3 Å². The van der Waals surface area contributed by atoms with Gasteiger partial charge in [0.25, 0.3) is 0 Å². The number of hydrogen-bond donors (Lipinski definition) is 1. The highest BCUT2D eigenvalue weighted by atomic mass is 19.1. The lowest BCUT2D eigenvalue weighted by Gasteiger charge is -2.14. The molecule has 0 saturated heterocycles. The Labute approximate surface area is 94.2 Å². The molecular formula is C13H13FN2. The summed E-state index contributed by atoms with van der Waals surface area (Å²) < 4.78 is 12.7. The lowest BCUT2D eigenvalue weighted by molar-refractivity contribution is 0.621. The lowest BCUT2D eigenvalue weighted by atomic mass is 10.1. The van der Waals surface area contributed by atoms with Crippen molar-refractivity contribution in [2.75, 3.05) is 5.32 Å². The fourth-order valence-electron chi connectivity index (χ4n) is 1.51. The van der Waals surface area contributed by atoms with Crippen LogP contribution in [0.15, 0.2) is 48.7 Å². The van der Waals surface area contributed by atoms with Crippen molar-refractivity contribution in [2.45, 2.75) is 13.0 Å². The van der Waals surface area contributed by atoms with Gasteiger partial charge >= 0.3 is 0 Å². The van der Waals surface area contributed by atoms with E-state index in [-0.39, 0.29) is 11.9 Å². The summed E-state index contributed by atoms with van der Waals surface area (Å²) in [6, 6.07) is 13.2. The molecule has 0 radical (unpaired) electrons. The van der Waals surface area contributed by atoms with Crippen LogP contribution in [0, 0.1) is 5.82 Å². The van der Waals surface area contributed by atoms with Gasteiger partial charge in [0.1, 0.15) is 11.6 Å². The molecular weight excluding hydrogens is 203 g/mol. The van der Waals surface area contributed by atoms with Crippen molar-refractivity contribution in [3.8, 4) is 0 Å². The van der Waals surface area contributed by atoms with Crippen LogP contribution in [0.25, 0.3) is 0 Å². The summed E-state index contributed by atoms with van der Waals surface area (Å²) in [6.07, 6.45) is 1.21. The van der Waals surface area contributed by atoms with Gasteiger partial charge in [0, 0.05) is 6.04 Å². The van der Waals surface area contributed by atoms with Gasteiger partial charge < -0.3 is 5.32 Å². The number of anilines is 1. The van der Waals surface area contributed by atoms with Crippen LogP contribution in [0.4, 0.5) is 10.2 Å². The molecule has 0 spiro atoms. The number of benzene rings is 1. The molecule has 0 bridgehead atoms. The molecule has 2 nitrogen and oxygen atoms in total. The van der Waals surface area contributed by atoms with Gasteiger partial charge in [-0.1, -0.05) is 30.3 Å². The maximum atomic E-state index is 12.7. The molecule has 1 N–H and O–H groups in total. The van der Waals surface area contributed by atoms with Gasteiger partial charge in [0.05, 0.1) is 6.20 Å². The number of nitrogens with zero attached hydrogens (tertiary/aromatic N) is 1. The normalized spacial score (nSPS) is 12.1. The molecule has 0 aliphatic rings. The molecule has 82 valence electrons. The predicted molar refractivity (Wildman–Crippen MR) is 62.7 cm³/mol. The van der Waals surface area contributed by atoms with Crippen LogP contribution in [-0.4, -0.2) is 4.98 Å². The zero-order chi connectivity index (χ0) is 11.4. The van der Waals surface area contributed by atoms with Crippen LogP contribution in [0.3, 0.4) is 0 Å². The summed E-state index contributed by atoms with van der Waals surface area (Å²) >= 11 is 0. The van der Waals surface area contributed by atoms with E-state index in [4.69, 9.17) is 0 Å². The molecule has 1 aromatic heterocycles. The molecule has 0 fully saturated rings. The van der Waals surface area contributed by atoms with Crippen molar-refractivity contribution in [2.24, 2.45) is 0 Å². The minimum absolute atomic E-state index is 0.152. The molecule has 3 heteroatoms. The largest absolute Gasteiger partial charge is 0.364 e. The average Bonchev–Trinajstić information content (AvgIpc) is 2.33. The van der Waals surface area contributed by atoms with Crippen molar-refractivity contribution >= 4 is 5.82 Å². The molecule has 0 aliphatic heterocycles. The van der Waals surface area contributed by atoms with Crippen molar-refractivity contribution in [3.05, 3.63) is 60.0 Å². The summed E-state index contributed by atoms with van der Waals surface area (Å²) in [5, 5.41) is 3.21. The SMILES string of the molecule is CC(Nc1ccc(F)cn1)c1ccccc1. The second-order valence-electron chi connectivity index (χ2n) is 3.64. The molecule has 2 rings (SSSR count). The highest BCUT2D eigenvalue weighted by molar-refractivity contribution is 5.37. The molecule has 0 saturated carbocycles. The number of pyridine rings is 1. The van der Waals surface area contributed by atoms with Gasteiger partial charge in [-0.3, -0.25) is 0 Å². The molecule has 0 amide bonds. The molecule has 1 aromatic carbocycles. The minimum Gasteiger partial charge on any atom is -0.364 e. The number of nitrogens with one attached hydrogen (secondary N) is 1. The van der Waals surface area contributed by atoms with Gasteiger partial charge in [-0.2, -0.15) is 0 Å². The third-order valence-corrected chi connectivity index (χ3v) is 2.39. The first kappa shape index (κ1) is 10.6. The number of halogens is 1. The van der Waals surface area contributed by atoms with Gasteiger partial charge in [0.2, 0.25) is 0 Å². The molecule has 2 aromatic rings. The third-order valence-electron chi connectivity index (χ3n) is 2.39. The smallest absolute Gasteiger partial charge is 0.141 e. The van der Waals surface area contributed by atoms with E-state index in [0.29, 0.717) is 5.82 Å². The van der Waals surface area contributed by atoms with Crippen LogP contribution in [-0.2, 0) is 0 Å². The Bertz CT molecular complexity index is 439. The van der Waals surface area contributed by atoms with Gasteiger partial charge in [-0.05, 0) is 24.6 Å². The second kappa shape index (κ2) is 4.75. The number of aromatic nitrogens is 1. The van der Waals surface area contributed by atoms with E-state index in [1.807, 2.05) is 37.3 Å². The van der Waals surface area contributed by atoms with Crippen LogP contribution >= 0.6 is 0 Å². The maximum absolute atomic E-state index is 12.7. The minimum atomic E-state index is -0.321. The van der Waals surface area contributed by atoms with Crippen molar-refractivity contribution in [1.29, 1.82) is 0 Å². The van der Waals surface area contributed by atoms with E-state index in [1.165, 1.54) is 17.8 Å². The van der Waals surface area contributed by atoms with E-state index >= 15 is 0 Å². The summed E-state index contributed by atoms with van der Waals surface area (Å²) in [7, 11) is 0. The van der Waals surface area contributed by atoms with Crippen LogP contribution < -0.4 is 5.32 Å². The van der Waals surface area contributed by atoms with E-state index in [0.717, 1.165) is 0 Å². The Kier molecular flexibility index (Phi) is 3.15. The predicted octanol–water partition coefficient (Wildman–Crippen LogP) is 3.39. The fraction of sp³-hybridized carbons (Fsp3) is 0.154. The Morgan fingerprint density at radius 1 is 1.12 bits per heavy atom. The quantitative estimate of drug-likeness (QED) is 0.850. The van der Waals surface area contributed by atoms with Crippen LogP contribution in [0.1, 0.15) is 18.5 Å². The summed E-state index contributed by atoms with van der Waals surface area (Å²) in [5.41, 5.74) is 1.17. The standard InChI is InChI=1S/C13H13FN2/c1-10(11-5-3-2-4-6-11)16-13-8-7-12(14)9-15-13/h2-10H,1H3,(H,15,16). The number of rotatable bonds is 3.